The lowest BCUT2D eigenvalue weighted by molar-refractivity contribution is -0.127. The highest BCUT2D eigenvalue weighted by Gasteiger charge is 2.15. The number of halogens is 1. The second kappa shape index (κ2) is 9.52. The first-order valence-electron chi connectivity index (χ1n) is 8.54. The van der Waals surface area contributed by atoms with Gasteiger partial charge in [0.25, 0.3) is 0 Å². The Morgan fingerprint density at radius 2 is 1.96 bits per heavy atom. The summed E-state index contributed by atoms with van der Waals surface area (Å²) >= 11 is 6.20. The molecule has 0 spiro atoms. The lowest BCUT2D eigenvalue weighted by Gasteiger charge is -2.25. The quantitative estimate of drug-likeness (QED) is 0.634. The maximum Gasteiger partial charge on any atom is 0.241 e. The predicted octanol–water partition coefficient (Wildman–Crippen LogP) is 2.80. The Kier molecular flexibility index (Phi) is 7.37. The van der Waals surface area contributed by atoms with E-state index in [1.165, 1.54) is 19.3 Å². The maximum atomic E-state index is 11.8. The molecule has 6 heteroatoms. The Bertz CT molecular complexity index is 568. The molecule has 1 amide bonds. The molecule has 2 rings (SSSR count). The number of nitrogens with one attached hydrogen (secondary N) is 2. The number of likely N-dealkylation sites (N-methyl/N-ethyl adjacent to an activating group) is 1. The molecule has 1 aliphatic carbocycles. The van der Waals surface area contributed by atoms with Crippen molar-refractivity contribution in [2.75, 3.05) is 20.6 Å². The summed E-state index contributed by atoms with van der Waals surface area (Å²) in [6.45, 7) is 0.714. The molecular weight excluding hydrogens is 324 g/mol. The van der Waals surface area contributed by atoms with E-state index >= 15 is 0 Å². The van der Waals surface area contributed by atoms with E-state index in [1.807, 2.05) is 24.3 Å². The summed E-state index contributed by atoms with van der Waals surface area (Å²) in [5, 5.41) is 7.32. The second-order valence-electron chi connectivity index (χ2n) is 6.38. The fraction of sp³-hybridized carbons (Fsp3) is 0.556. The van der Waals surface area contributed by atoms with Gasteiger partial charge in [0.05, 0.1) is 13.1 Å². The zero-order valence-electron chi connectivity index (χ0n) is 14.5. The predicted molar refractivity (Wildman–Crippen MR) is 99.3 cm³/mol. The molecule has 0 saturated heterocycles. The first-order chi connectivity index (χ1) is 11.6. The number of carbonyl (C=O) groups excluding carboxylic acids is 1. The van der Waals surface area contributed by atoms with Crippen LogP contribution in [0.3, 0.4) is 0 Å². The molecular formula is C18H27ClN4O. The van der Waals surface area contributed by atoms with Gasteiger partial charge in [-0.25, -0.2) is 4.99 Å². The molecule has 1 aromatic carbocycles. The number of hydrogen-bond acceptors (Lipinski definition) is 2. The first-order valence-corrected chi connectivity index (χ1v) is 8.92. The highest BCUT2D eigenvalue weighted by atomic mass is 35.5. The number of rotatable bonds is 5. The van der Waals surface area contributed by atoms with Gasteiger partial charge in [0.15, 0.2) is 5.96 Å². The smallest absolute Gasteiger partial charge is 0.241 e. The summed E-state index contributed by atoms with van der Waals surface area (Å²) in [6, 6.07) is 8.11. The van der Waals surface area contributed by atoms with Crippen molar-refractivity contribution in [2.24, 2.45) is 4.99 Å². The second-order valence-corrected chi connectivity index (χ2v) is 6.78. The van der Waals surface area contributed by atoms with Gasteiger partial charge in [-0.1, -0.05) is 49.1 Å². The fourth-order valence-corrected chi connectivity index (χ4v) is 2.90. The fourth-order valence-electron chi connectivity index (χ4n) is 2.70. The molecule has 0 radical (unpaired) electrons. The zero-order valence-corrected chi connectivity index (χ0v) is 15.3. The maximum absolute atomic E-state index is 11.8. The lowest BCUT2D eigenvalue weighted by atomic mass is 9.96. The van der Waals surface area contributed by atoms with E-state index in [4.69, 9.17) is 11.6 Å². The SMILES string of the molecule is CN(C)C(=O)CNC(=NCc1ccccc1Cl)NC1CCCCC1. The summed E-state index contributed by atoms with van der Waals surface area (Å²) in [6.07, 6.45) is 6.08. The summed E-state index contributed by atoms with van der Waals surface area (Å²) in [5.41, 5.74) is 0.975. The van der Waals surface area contributed by atoms with Crippen molar-refractivity contribution in [3.8, 4) is 0 Å². The van der Waals surface area contributed by atoms with Crippen LogP contribution in [0.4, 0.5) is 0 Å². The van der Waals surface area contributed by atoms with Crippen LogP contribution >= 0.6 is 11.6 Å². The van der Waals surface area contributed by atoms with Crippen LogP contribution in [-0.4, -0.2) is 43.4 Å². The highest BCUT2D eigenvalue weighted by Crippen LogP contribution is 2.18. The van der Waals surface area contributed by atoms with E-state index < -0.39 is 0 Å². The molecule has 1 aromatic rings. The normalized spacial score (nSPS) is 15.9. The lowest BCUT2D eigenvalue weighted by Crippen LogP contribution is -2.47. The van der Waals surface area contributed by atoms with Crippen molar-refractivity contribution in [1.82, 2.24) is 15.5 Å². The monoisotopic (exact) mass is 350 g/mol. The van der Waals surface area contributed by atoms with Gasteiger partial charge in [0.2, 0.25) is 5.91 Å². The van der Waals surface area contributed by atoms with Crippen LogP contribution in [0.2, 0.25) is 5.02 Å². The van der Waals surface area contributed by atoms with Gasteiger partial charge in [-0.15, -0.1) is 0 Å². The number of guanidine groups is 1. The third kappa shape index (κ3) is 6.04. The number of aliphatic imine (C=N–C) groups is 1. The van der Waals surface area contributed by atoms with Crippen LogP contribution in [0.25, 0.3) is 0 Å². The van der Waals surface area contributed by atoms with Gasteiger partial charge in [-0.05, 0) is 24.5 Å². The van der Waals surface area contributed by atoms with Gasteiger partial charge in [-0.2, -0.15) is 0 Å². The van der Waals surface area contributed by atoms with Crippen LogP contribution in [0, 0.1) is 0 Å². The van der Waals surface area contributed by atoms with Crippen molar-refractivity contribution >= 4 is 23.5 Å². The first kappa shape index (κ1) is 18.6. The summed E-state index contributed by atoms with van der Waals surface area (Å²) < 4.78 is 0. The van der Waals surface area contributed by atoms with Crippen molar-refractivity contribution < 1.29 is 4.79 Å². The average molecular weight is 351 g/mol. The molecule has 132 valence electrons. The van der Waals surface area contributed by atoms with Crippen LogP contribution < -0.4 is 10.6 Å². The molecule has 1 saturated carbocycles. The molecule has 5 nitrogen and oxygen atoms in total. The van der Waals surface area contributed by atoms with Gasteiger partial charge < -0.3 is 15.5 Å². The number of hydrogen-bond donors (Lipinski definition) is 2. The van der Waals surface area contributed by atoms with Gasteiger partial charge >= 0.3 is 0 Å². The van der Waals surface area contributed by atoms with Crippen molar-refractivity contribution in [3.05, 3.63) is 34.9 Å². The molecule has 1 aliphatic rings. The Morgan fingerprint density at radius 3 is 2.62 bits per heavy atom. The third-order valence-corrected chi connectivity index (χ3v) is 4.59. The average Bonchev–Trinajstić information content (AvgIpc) is 2.59. The minimum Gasteiger partial charge on any atom is -0.354 e. The summed E-state index contributed by atoms with van der Waals surface area (Å²) in [4.78, 5) is 18.0. The molecule has 0 atom stereocenters. The van der Waals surface area contributed by atoms with Crippen LogP contribution in [-0.2, 0) is 11.3 Å². The minimum atomic E-state index is 0.0193. The topological polar surface area (TPSA) is 56.7 Å². The summed E-state index contributed by atoms with van der Waals surface area (Å²) in [7, 11) is 3.50. The zero-order chi connectivity index (χ0) is 17.4. The van der Waals surface area contributed by atoms with Crippen LogP contribution in [0.5, 0.6) is 0 Å². The van der Waals surface area contributed by atoms with Gasteiger partial charge in [0.1, 0.15) is 0 Å². The number of benzene rings is 1. The van der Waals surface area contributed by atoms with Crippen molar-refractivity contribution in [2.45, 2.75) is 44.7 Å². The number of carbonyl (C=O) groups is 1. The van der Waals surface area contributed by atoms with Crippen molar-refractivity contribution in [3.63, 3.8) is 0 Å². The molecule has 1 fully saturated rings. The van der Waals surface area contributed by atoms with E-state index in [1.54, 1.807) is 19.0 Å². The Balaban J connectivity index is 2.01. The highest BCUT2D eigenvalue weighted by molar-refractivity contribution is 6.31. The van der Waals surface area contributed by atoms with E-state index in [2.05, 4.69) is 15.6 Å². The standard InChI is InChI=1S/C18H27ClN4O/c1-23(2)17(24)13-21-18(22-15-9-4-3-5-10-15)20-12-14-8-6-7-11-16(14)19/h6-8,11,15H,3-5,9-10,12-13H2,1-2H3,(H2,20,21,22). The molecule has 0 unspecified atom stereocenters. The number of nitrogens with zero attached hydrogens (tertiary/aromatic N) is 2. The van der Waals surface area contributed by atoms with Crippen molar-refractivity contribution in [1.29, 1.82) is 0 Å². The minimum absolute atomic E-state index is 0.0193. The van der Waals surface area contributed by atoms with Gasteiger partial charge in [0, 0.05) is 25.2 Å². The molecule has 0 heterocycles. The largest absolute Gasteiger partial charge is 0.354 e. The molecule has 0 aliphatic heterocycles. The van der Waals surface area contributed by atoms with E-state index in [0.29, 0.717) is 23.6 Å². The molecule has 24 heavy (non-hydrogen) atoms. The van der Waals surface area contributed by atoms with Gasteiger partial charge in [-0.3, -0.25) is 4.79 Å². The Labute approximate surface area is 149 Å². The molecule has 2 N–H and O–H groups in total. The third-order valence-electron chi connectivity index (χ3n) is 4.22. The number of amides is 1. The van der Waals surface area contributed by atoms with E-state index in [-0.39, 0.29) is 12.5 Å². The Morgan fingerprint density at radius 1 is 1.25 bits per heavy atom. The Hall–Kier alpha value is -1.75. The van der Waals surface area contributed by atoms with Crippen LogP contribution in [0.1, 0.15) is 37.7 Å². The van der Waals surface area contributed by atoms with E-state index in [0.717, 1.165) is 18.4 Å². The van der Waals surface area contributed by atoms with E-state index in [9.17, 15) is 4.79 Å². The van der Waals surface area contributed by atoms with Crippen LogP contribution in [0.15, 0.2) is 29.3 Å². The summed E-state index contributed by atoms with van der Waals surface area (Å²) in [5.74, 6) is 0.697. The molecule has 0 bridgehead atoms. The molecule has 0 aromatic heterocycles.